The average molecular weight is 513 g/mol. The number of nitrogens with one attached hydrogen (secondary N) is 1. The van der Waals surface area contributed by atoms with E-state index in [0.29, 0.717) is 6.04 Å². The number of aromatic nitrogens is 1. The Hall–Kier alpha value is -1.23. The number of halogens is 1. The molecule has 2 aliphatic heterocycles. The highest BCUT2D eigenvalue weighted by Gasteiger charge is 2.41. The number of aryl methyl sites for hydroxylation is 1. The van der Waals surface area contributed by atoms with Crippen LogP contribution >= 0.6 is 35.3 Å². The molecule has 0 amide bonds. The van der Waals surface area contributed by atoms with Gasteiger partial charge in [-0.15, -0.1) is 35.3 Å². The molecule has 0 aliphatic carbocycles. The molecule has 4 rings (SSSR count). The average Bonchev–Trinajstić information content (AvgIpc) is 3.30. The molecular formula is C20H28IN5OS. The summed E-state index contributed by atoms with van der Waals surface area (Å²) < 4.78 is 6.09. The number of aliphatic imine (C=N–C) groups is 1. The maximum Gasteiger partial charge on any atom is 0.194 e. The lowest BCUT2D eigenvalue weighted by Crippen LogP contribution is -2.50. The molecule has 2 atom stereocenters. The summed E-state index contributed by atoms with van der Waals surface area (Å²) in [6.07, 6.45) is 2.18. The maximum atomic E-state index is 6.09. The highest BCUT2D eigenvalue weighted by atomic mass is 127. The second-order valence-corrected chi connectivity index (χ2v) is 8.40. The quantitative estimate of drug-likeness (QED) is 0.387. The minimum atomic E-state index is 0. The van der Waals surface area contributed by atoms with E-state index < -0.39 is 0 Å². The molecule has 2 aromatic rings. The van der Waals surface area contributed by atoms with Crippen molar-refractivity contribution in [1.29, 1.82) is 0 Å². The van der Waals surface area contributed by atoms with E-state index in [-0.39, 0.29) is 30.1 Å². The van der Waals surface area contributed by atoms with Crippen molar-refractivity contribution in [3.05, 3.63) is 52.0 Å². The predicted octanol–water partition coefficient (Wildman–Crippen LogP) is 2.73. The van der Waals surface area contributed by atoms with Gasteiger partial charge in [0.1, 0.15) is 0 Å². The number of benzene rings is 1. The van der Waals surface area contributed by atoms with Crippen LogP contribution in [0.4, 0.5) is 0 Å². The van der Waals surface area contributed by atoms with Gasteiger partial charge in [-0.05, 0) is 12.5 Å². The zero-order valence-electron chi connectivity index (χ0n) is 16.4. The van der Waals surface area contributed by atoms with E-state index in [1.165, 1.54) is 10.4 Å². The summed E-state index contributed by atoms with van der Waals surface area (Å²) in [5.41, 5.74) is 1.36. The molecule has 8 heteroatoms. The minimum Gasteiger partial charge on any atom is -0.373 e. The molecular weight excluding hydrogens is 485 g/mol. The monoisotopic (exact) mass is 513 g/mol. The number of fused-ring (bicyclic) bond motifs is 1. The van der Waals surface area contributed by atoms with Gasteiger partial charge >= 0.3 is 0 Å². The summed E-state index contributed by atoms with van der Waals surface area (Å²) in [4.78, 5) is 14.9. The number of ether oxygens (including phenoxy) is 1. The Morgan fingerprint density at radius 3 is 2.86 bits per heavy atom. The van der Waals surface area contributed by atoms with Gasteiger partial charge in [0, 0.05) is 44.3 Å². The fourth-order valence-corrected chi connectivity index (χ4v) is 4.67. The lowest BCUT2D eigenvalue weighted by Gasteiger charge is -2.36. The zero-order chi connectivity index (χ0) is 18.6. The van der Waals surface area contributed by atoms with Crippen molar-refractivity contribution >= 4 is 41.3 Å². The van der Waals surface area contributed by atoms with Crippen LogP contribution in [0, 0.1) is 6.92 Å². The molecule has 2 fully saturated rings. The Morgan fingerprint density at radius 1 is 1.32 bits per heavy atom. The van der Waals surface area contributed by atoms with Gasteiger partial charge in [0.15, 0.2) is 5.96 Å². The summed E-state index contributed by atoms with van der Waals surface area (Å²) >= 11 is 1.72. The molecule has 1 N–H and O–H groups in total. The molecule has 6 nitrogen and oxygen atoms in total. The normalized spacial score (nSPS) is 22.6. The predicted molar refractivity (Wildman–Crippen MR) is 124 cm³/mol. The third-order valence-corrected chi connectivity index (χ3v) is 6.16. The summed E-state index contributed by atoms with van der Waals surface area (Å²) in [6.45, 7) is 7.39. The standard InChI is InChI=1S/C20H27N5OS.HI/c1-15-22-10-17(27-15)11-23-20(21-2)25-13-18-19(14-25)26-9-8-24(18)12-16-6-4-3-5-7-16;/h3-7,10,18-19H,8-9,11-14H2,1-2H3,(H,21,23);1H. The smallest absolute Gasteiger partial charge is 0.194 e. The van der Waals surface area contributed by atoms with E-state index in [2.05, 4.69) is 55.4 Å². The Kier molecular flexibility index (Phi) is 7.67. The van der Waals surface area contributed by atoms with Crippen molar-refractivity contribution in [1.82, 2.24) is 20.1 Å². The lowest BCUT2D eigenvalue weighted by atomic mass is 10.1. The summed E-state index contributed by atoms with van der Waals surface area (Å²) in [5, 5.41) is 4.58. The van der Waals surface area contributed by atoms with E-state index in [9.17, 15) is 0 Å². The van der Waals surface area contributed by atoms with Crippen LogP contribution in [-0.2, 0) is 17.8 Å². The van der Waals surface area contributed by atoms with E-state index in [4.69, 9.17) is 4.74 Å². The molecule has 0 bridgehead atoms. The number of morpholine rings is 1. The Balaban J connectivity index is 0.00000225. The van der Waals surface area contributed by atoms with Crippen molar-refractivity contribution < 1.29 is 4.74 Å². The summed E-state index contributed by atoms with van der Waals surface area (Å²) in [5.74, 6) is 0.943. The van der Waals surface area contributed by atoms with Gasteiger partial charge in [-0.25, -0.2) is 4.98 Å². The zero-order valence-corrected chi connectivity index (χ0v) is 19.5. The number of thiazole rings is 1. The molecule has 0 saturated carbocycles. The number of likely N-dealkylation sites (tertiary alicyclic amines) is 1. The summed E-state index contributed by atoms with van der Waals surface area (Å²) in [7, 11) is 1.85. The van der Waals surface area contributed by atoms with Gasteiger partial charge in [-0.3, -0.25) is 9.89 Å². The molecule has 152 valence electrons. The van der Waals surface area contributed by atoms with E-state index >= 15 is 0 Å². The largest absolute Gasteiger partial charge is 0.373 e. The van der Waals surface area contributed by atoms with Crippen LogP contribution in [-0.4, -0.2) is 66.2 Å². The van der Waals surface area contributed by atoms with Gasteiger partial charge in [0.2, 0.25) is 0 Å². The number of guanidine groups is 1. The van der Waals surface area contributed by atoms with E-state index in [1.54, 1.807) is 11.3 Å². The number of rotatable bonds is 4. The fourth-order valence-electron chi connectivity index (χ4n) is 3.93. The highest BCUT2D eigenvalue weighted by molar-refractivity contribution is 14.0. The van der Waals surface area contributed by atoms with Crippen molar-refractivity contribution in [2.75, 3.05) is 33.3 Å². The van der Waals surface area contributed by atoms with Gasteiger partial charge < -0.3 is 15.0 Å². The molecule has 0 spiro atoms. The first-order chi connectivity index (χ1) is 13.2. The van der Waals surface area contributed by atoms with Gasteiger partial charge in [0.25, 0.3) is 0 Å². The first-order valence-corrected chi connectivity index (χ1v) is 10.3. The molecule has 28 heavy (non-hydrogen) atoms. The van der Waals surface area contributed by atoms with Gasteiger partial charge in [-0.2, -0.15) is 0 Å². The van der Waals surface area contributed by atoms with Gasteiger partial charge in [-0.1, -0.05) is 30.3 Å². The Bertz CT molecular complexity index is 784. The van der Waals surface area contributed by atoms with E-state index in [1.807, 2.05) is 20.2 Å². The van der Waals surface area contributed by atoms with Crippen LogP contribution in [0.15, 0.2) is 41.5 Å². The fraction of sp³-hybridized carbons (Fsp3) is 0.500. The topological polar surface area (TPSA) is 53.0 Å². The van der Waals surface area contributed by atoms with Crippen LogP contribution in [0.2, 0.25) is 0 Å². The molecule has 2 aliphatic rings. The lowest BCUT2D eigenvalue weighted by molar-refractivity contribution is -0.0502. The van der Waals surface area contributed by atoms with Crippen LogP contribution in [0.1, 0.15) is 15.4 Å². The second kappa shape index (κ2) is 10.00. The van der Waals surface area contributed by atoms with Crippen molar-refractivity contribution in [3.63, 3.8) is 0 Å². The van der Waals surface area contributed by atoms with Crippen molar-refractivity contribution in [3.8, 4) is 0 Å². The van der Waals surface area contributed by atoms with Crippen LogP contribution in [0.3, 0.4) is 0 Å². The van der Waals surface area contributed by atoms with Crippen LogP contribution in [0.25, 0.3) is 0 Å². The highest BCUT2D eigenvalue weighted by Crippen LogP contribution is 2.24. The van der Waals surface area contributed by atoms with E-state index in [0.717, 1.165) is 50.3 Å². The molecule has 2 unspecified atom stereocenters. The molecule has 0 radical (unpaired) electrons. The van der Waals surface area contributed by atoms with Crippen LogP contribution < -0.4 is 5.32 Å². The van der Waals surface area contributed by atoms with Gasteiger partial charge in [0.05, 0.1) is 30.3 Å². The maximum absolute atomic E-state index is 6.09. The Morgan fingerprint density at radius 2 is 2.14 bits per heavy atom. The second-order valence-electron chi connectivity index (χ2n) is 7.08. The number of hydrogen-bond donors (Lipinski definition) is 1. The molecule has 1 aromatic carbocycles. The Labute approximate surface area is 188 Å². The number of nitrogens with zero attached hydrogens (tertiary/aromatic N) is 4. The first-order valence-electron chi connectivity index (χ1n) is 9.49. The summed E-state index contributed by atoms with van der Waals surface area (Å²) in [6, 6.07) is 11.1. The molecule has 3 heterocycles. The van der Waals surface area contributed by atoms with Crippen molar-refractivity contribution in [2.45, 2.75) is 32.2 Å². The molecule has 1 aromatic heterocycles. The molecule has 2 saturated heterocycles. The third kappa shape index (κ3) is 5.03. The van der Waals surface area contributed by atoms with Crippen LogP contribution in [0.5, 0.6) is 0 Å². The first kappa shape index (κ1) is 21.5. The number of hydrogen-bond acceptors (Lipinski definition) is 5. The minimum absolute atomic E-state index is 0. The SMILES string of the molecule is CN=C(NCc1cnc(C)s1)N1CC2OCCN(Cc3ccccc3)C2C1.I. The third-order valence-electron chi connectivity index (χ3n) is 5.25. The van der Waals surface area contributed by atoms with Crippen molar-refractivity contribution in [2.24, 2.45) is 4.99 Å².